The van der Waals surface area contributed by atoms with Crippen molar-refractivity contribution in [3.05, 3.63) is 87.6 Å². The number of ether oxygens (including phenoxy) is 1. The molecule has 0 saturated carbocycles. The average molecular weight is 480 g/mol. The molecule has 1 amide bonds. The van der Waals surface area contributed by atoms with Crippen LogP contribution in [0.2, 0.25) is 0 Å². The summed E-state index contributed by atoms with van der Waals surface area (Å²) in [6.45, 7) is 3.02. The van der Waals surface area contributed by atoms with Gasteiger partial charge in [-0.2, -0.15) is 0 Å². The van der Waals surface area contributed by atoms with E-state index < -0.39 is 0 Å². The molecule has 33 heavy (non-hydrogen) atoms. The molecule has 0 unspecified atom stereocenters. The Morgan fingerprint density at radius 3 is 2.70 bits per heavy atom. The summed E-state index contributed by atoms with van der Waals surface area (Å²) >= 11 is 3.04. The van der Waals surface area contributed by atoms with E-state index in [1.807, 2.05) is 30.3 Å². The fourth-order valence-electron chi connectivity index (χ4n) is 3.31. The highest BCUT2D eigenvalue weighted by Crippen LogP contribution is 2.28. The third kappa shape index (κ3) is 5.87. The van der Waals surface area contributed by atoms with Crippen LogP contribution < -0.4 is 5.32 Å². The largest absolute Gasteiger partial charge is 0.383 e. The zero-order valence-corrected chi connectivity index (χ0v) is 20.2. The highest BCUT2D eigenvalue weighted by atomic mass is 32.2. The molecule has 0 aliphatic rings. The van der Waals surface area contributed by atoms with E-state index in [-0.39, 0.29) is 5.91 Å². The van der Waals surface area contributed by atoms with Gasteiger partial charge < -0.3 is 10.1 Å². The number of amides is 1. The Morgan fingerprint density at radius 2 is 1.91 bits per heavy atom. The third-order valence-electron chi connectivity index (χ3n) is 4.96. The van der Waals surface area contributed by atoms with Gasteiger partial charge in [0.2, 0.25) is 0 Å². The van der Waals surface area contributed by atoms with E-state index >= 15 is 0 Å². The number of benzene rings is 2. The van der Waals surface area contributed by atoms with Gasteiger partial charge in [0.05, 0.1) is 18.0 Å². The molecule has 2 aromatic carbocycles. The minimum Gasteiger partial charge on any atom is -0.383 e. The number of aryl methyl sites for hydroxylation is 1. The van der Waals surface area contributed by atoms with Gasteiger partial charge in [-0.3, -0.25) is 9.36 Å². The Bertz CT molecular complexity index is 1210. The number of nitrogens with one attached hydrogen (secondary N) is 1. The van der Waals surface area contributed by atoms with E-state index in [2.05, 4.69) is 56.3 Å². The van der Waals surface area contributed by atoms with E-state index in [0.717, 1.165) is 27.2 Å². The van der Waals surface area contributed by atoms with Crippen molar-refractivity contribution in [1.82, 2.24) is 25.1 Å². The lowest BCUT2D eigenvalue weighted by molar-refractivity contribution is 0.0932. The highest BCUT2D eigenvalue weighted by Gasteiger charge is 2.18. The lowest BCUT2D eigenvalue weighted by Crippen LogP contribution is -2.27. The first kappa shape index (κ1) is 23.2. The number of rotatable bonds is 10. The van der Waals surface area contributed by atoms with Crippen molar-refractivity contribution in [1.29, 1.82) is 0 Å². The molecule has 0 aliphatic carbocycles. The number of carbonyl (C=O) groups excluding carboxylic acids is 1. The van der Waals surface area contributed by atoms with Crippen LogP contribution in [0.5, 0.6) is 0 Å². The molecular weight excluding hydrogens is 454 g/mol. The second kappa shape index (κ2) is 11.2. The summed E-state index contributed by atoms with van der Waals surface area (Å²) in [4.78, 5) is 16.7. The summed E-state index contributed by atoms with van der Waals surface area (Å²) in [6.07, 6.45) is 0.686. The molecule has 0 aliphatic heterocycles. The minimum absolute atomic E-state index is 0.187. The van der Waals surface area contributed by atoms with E-state index in [9.17, 15) is 4.79 Å². The maximum absolute atomic E-state index is 12.2. The van der Waals surface area contributed by atoms with Crippen LogP contribution in [0.4, 0.5) is 0 Å². The molecule has 2 heterocycles. The summed E-state index contributed by atoms with van der Waals surface area (Å²) in [5, 5.41) is 15.3. The first-order valence-electron chi connectivity index (χ1n) is 10.5. The van der Waals surface area contributed by atoms with E-state index in [4.69, 9.17) is 4.74 Å². The van der Waals surface area contributed by atoms with Gasteiger partial charge in [-0.15, -0.1) is 21.5 Å². The number of nitrogens with zero attached hydrogens (tertiary/aromatic N) is 4. The Morgan fingerprint density at radius 1 is 1.12 bits per heavy atom. The molecule has 7 nitrogen and oxygen atoms in total. The summed E-state index contributed by atoms with van der Waals surface area (Å²) in [6, 6.07) is 18.5. The summed E-state index contributed by atoms with van der Waals surface area (Å²) in [5.41, 5.74) is 3.82. The number of para-hydroxylation sites is 1. The number of carbonyl (C=O) groups is 1. The van der Waals surface area contributed by atoms with Crippen LogP contribution in [0.15, 0.2) is 65.1 Å². The maximum atomic E-state index is 12.2. The van der Waals surface area contributed by atoms with Crippen molar-refractivity contribution < 1.29 is 9.53 Å². The molecule has 0 atom stereocenters. The Hall–Kier alpha value is -3.01. The van der Waals surface area contributed by atoms with E-state index in [1.165, 1.54) is 16.9 Å². The number of methoxy groups -OCH3 is 1. The smallest absolute Gasteiger partial charge is 0.270 e. The van der Waals surface area contributed by atoms with Gasteiger partial charge in [0.15, 0.2) is 5.16 Å². The maximum Gasteiger partial charge on any atom is 0.270 e. The number of aromatic nitrogens is 4. The van der Waals surface area contributed by atoms with E-state index in [0.29, 0.717) is 31.0 Å². The normalized spacial score (nSPS) is 11.0. The SMILES string of the molecule is COCCNC(=O)c1csc(CSc2nnc(Cc3ccccc3)n2-c2ccccc2C)n1. The van der Waals surface area contributed by atoms with E-state index in [1.54, 1.807) is 24.3 Å². The van der Waals surface area contributed by atoms with Crippen molar-refractivity contribution in [2.45, 2.75) is 24.3 Å². The van der Waals surface area contributed by atoms with Crippen LogP contribution in [-0.2, 0) is 16.9 Å². The molecule has 0 radical (unpaired) electrons. The molecule has 4 aromatic rings. The van der Waals surface area contributed by atoms with Crippen LogP contribution in [0.1, 0.15) is 32.4 Å². The van der Waals surface area contributed by atoms with Crippen LogP contribution in [0, 0.1) is 6.92 Å². The summed E-state index contributed by atoms with van der Waals surface area (Å²) in [7, 11) is 1.60. The molecule has 4 rings (SSSR count). The van der Waals surface area contributed by atoms with Crippen molar-refractivity contribution >= 4 is 29.0 Å². The number of thioether (sulfide) groups is 1. The summed E-state index contributed by atoms with van der Waals surface area (Å²) in [5.74, 6) is 1.30. The lowest BCUT2D eigenvalue weighted by Gasteiger charge is -2.12. The molecule has 9 heteroatoms. The van der Waals surface area contributed by atoms with Gasteiger partial charge in [0, 0.05) is 25.5 Å². The first-order valence-corrected chi connectivity index (χ1v) is 12.4. The monoisotopic (exact) mass is 479 g/mol. The predicted octanol–water partition coefficient (Wildman–Crippen LogP) is 4.29. The second-order valence-corrected chi connectivity index (χ2v) is 9.23. The Labute approximate surface area is 201 Å². The third-order valence-corrected chi connectivity index (χ3v) is 6.93. The van der Waals surface area contributed by atoms with Crippen molar-refractivity contribution in [2.75, 3.05) is 20.3 Å². The molecule has 0 bridgehead atoms. The fraction of sp³-hybridized carbons (Fsp3) is 0.250. The van der Waals surface area contributed by atoms with Crippen molar-refractivity contribution in [3.63, 3.8) is 0 Å². The highest BCUT2D eigenvalue weighted by molar-refractivity contribution is 7.98. The van der Waals surface area contributed by atoms with Crippen LogP contribution in [-0.4, -0.2) is 45.9 Å². The number of hydrogen-bond donors (Lipinski definition) is 1. The first-order chi connectivity index (χ1) is 16.2. The molecule has 0 fully saturated rings. The molecule has 0 spiro atoms. The lowest BCUT2D eigenvalue weighted by atomic mass is 10.1. The fourth-order valence-corrected chi connectivity index (χ4v) is 5.06. The number of thiazole rings is 1. The zero-order valence-electron chi connectivity index (χ0n) is 18.5. The van der Waals surface area contributed by atoms with Gasteiger partial charge in [-0.1, -0.05) is 60.3 Å². The minimum atomic E-state index is -0.187. The molecule has 0 saturated heterocycles. The molecule has 170 valence electrons. The summed E-state index contributed by atoms with van der Waals surface area (Å²) < 4.78 is 7.09. The molecular formula is C24H25N5O2S2. The second-order valence-electron chi connectivity index (χ2n) is 7.35. The Balaban J connectivity index is 1.53. The van der Waals surface area contributed by atoms with Gasteiger partial charge in [-0.05, 0) is 24.1 Å². The van der Waals surface area contributed by atoms with Crippen LogP contribution in [0.25, 0.3) is 5.69 Å². The quantitative estimate of drug-likeness (QED) is 0.270. The predicted molar refractivity (Wildman–Crippen MR) is 131 cm³/mol. The molecule has 2 aromatic heterocycles. The van der Waals surface area contributed by atoms with Crippen LogP contribution in [0.3, 0.4) is 0 Å². The Kier molecular flexibility index (Phi) is 7.87. The van der Waals surface area contributed by atoms with Crippen LogP contribution >= 0.6 is 23.1 Å². The number of hydrogen-bond acceptors (Lipinski definition) is 7. The topological polar surface area (TPSA) is 81.9 Å². The standard InChI is InChI=1S/C24H25N5O2S2/c1-17-8-6-7-11-20(17)29-21(14-18-9-4-3-5-10-18)27-28-24(29)33-16-22-26-19(15-32-22)23(30)25-12-13-31-2/h3-11,15H,12-14,16H2,1-2H3,(H,25,30). The van der Waals surface area contributed by atoms with Crippen molar-refractivity contribution in [3.8, 4) is 5.69 Å². The van der Waals surface area contributed by atoms with Gasteiger partial charge in [0.1, 0.15) is 16.5 Å². The van der Waals surface area contributed by atoms with Crippen molar-refractivity contribution in [2.24, 2.45) is 0 Å². The zero-order chi connectivity index (χ0) is 23.0. The average Bonchev–Trinajstić information content (AvgIpc) is 3.46. The van der Waals surface area contributed by atoms with Gasteiger partial charge in [0.25, 0.3) is 5.91 Å². The van der Waals surface area contributed by atoms with Gasteiger partial charge in [-0.25, -0.2) is 4.98 Å². The van der Waals surface area contributed by atoms with Gasteiger partial charge >= 0.3 is 0 Å². The molecule has 1 N–H and O–H groups in total.